The number of ether oxygens (including phenoxy) is 2. The maximum absolute atomic E-state index is 12.8. The van der Waals surface area contributed by atoms with Gasteiger partial charge in [-0.15, -0.1) is 0 Å². The lowest BCUT2D eigenvalue weighted by atomic mass is 10.1. The van der Waals surface area contributed by atoms with Crippen molar-refractivity contribution in [2.45, 2.75) is 37.0 Å². The lowest BCUT2D eigenvalue weighted by Gasteiger charge is -2.29. The number of nitrogens with zero attached hydrogens (tertiary/aromatic N) is 1. The van der Waals surface area contributed by atoms with Gasteiger partial charge in [0.25, 0.3) is 0 Å². The van der Waals surface area contributed by atoms with Gasteiger partial charge in [0.15, 0.2) is 0 Å². The van der Waals surface area contributed by atoms with Crippen LogP contribution in [0.1, 0.15) is 31.0 Å². The molecular formula is C16H20N2O3. The number of carbonyl (C=O) groups excluding carboxylic acids is 1. The van der Waals surface area contributed by atoms with E-state index in [1.165, 1.54) is 0 Å². The predicted molar refractivity (Wildman–Crippen MR) is 76.9 cm³/mol. The van der Waals surface area contributed by atoms with Crippen molar-refractivity contribution in [3.05, 3.63) is 29.8 Å². The van der Waals surface area contributed by atoms with Crippen LogP contribution >= 0.6 is 0 Å². The molecule has 1 N–H and O–H groups in total. The van der Waals surface area contributed by atoms with Gasteiger partial charge in [-0.3, -0.25) is 10.1 Å². The number of amides is 1. The summed E-state index contributed by atoms with van der Waals surface area (Å²) >= 11 is 0. The van der Waals surface area contributed by atoms with E-state index in [-0.39, 0.29) is 23.7 Å². The molecule has 3 aliphatic rings. The first-order valence-electron chi connectivity index (χ1n) is 7.56. The molecule has 1 aromatic rings. The maximum atomic E-state index is 12.8. The number of benzene rings is 1. The Morgan fingerprint density at radius 1 is 1.43 bits per heavy atom. The highest BCUT2D eigenvalue weighted by atomic mass is 16.5. The second-order valence-corrected chi connectivity index (χ2v) is 6.14. The Balaban J connectivity index is 1.69. The molecule has 1 aliphatic carbocycles. The van der Waals surface area contributed by atoms with Crippen LogP contribution in [0, 0.1) is 0 Å². The van der Waals surface area contributed by atoms with Crippen molar-refractivity contribution in [1.29, 1.82) is 0 Å². The molecule has 2 unspecified atom stereocenters. The lowest BCUT2D eigenvalue weighted by molar-refractivity contribution is -0.133. The van der Waals surface area contributed by atoms with Crippen LogP contribution in [0.5, 0.6) is 5.75 Å². The zero-order chi connectivity index (χ0) is 14.4. The second-order valence-electron chi connectivity index (χ2n) is 6.14. The SMILES string of the molecule is COc1cccc(C2NC3(CC3)C(=O)N2C2CCOC2)c1. The molecule has 2 atom stereocenters. The minimum Gasteiger partial charge on any atom is -0.497 e. The summed E-state index contributed by atoms with van der Waals surface area (Å²) in [5, 5.41) is 3.55. The minimum atomic E-state index is -0.309. The van der Waals surface area contributed by atoms with Crippen molar-refractivity contribution in [2.75, 3.05) is 20.3 Å². The van der Waals surface area contributed by atoms with Gasteiger partial charge in [-0.25, -0.2) is 0 Å². The van der Waals surface area contributed by atoms with Crippen molar-refractivity contribution in [3.63, 3.8) is 0 Å². The smallest absolute Gasteiger partial charge is 0.244 e. The third kappa shape index (κ3) is 2.03. The fraction of sp³-hybridized carbons (Fsp3) is 0.562. The second kappa shape index (κ2) is 4.71. The van der Waals surface area contributed by atoms with Gasteiger partial charge in [-0.05, 0) is 37.0 Å². The standard InChI is InChI=1S/C16H20N2O3/c1-20-13-4-2-3-11(9-13)14-17-16(6-7-16)15(19)18(14)12-5-8-21-10-12/h2-4,9,12,14,17H,5-8,10H2,1H3. The molecule has 1 aromatic carbocycles. The van der Waals surface area contributed by atoms with Gasteiger partial charge in [0.05, 0.1) is 19.8 Å². The van der Waals surface area contributed by atoms with Gasteiger partial charge in [-0.1, -0.05) is 12.1 Å². The molecule has 1 amide bonds. The Labute approximate surface area is 124 Å². The average molecular weight is 288 g/mol. The van der Waals surface area contributed by atoms with E-state index in [9.17, 15) is 4.79 Å². The van der Waals surface area contributed by atoms with Crippen molar-refractivity contribution in [2.24, 2.45) is 0 Å². The average Bonchev–Trinajstić information content (AvgIpc) is 2.98. The highest BCUT2D eigenvalue weighted by Crippen LogP contribution is 2.47. The maximum Gasteiger partial charge on any atom is 0.244 e. The molecule has 0 bridgehead atoms. The molecular weight excluding hydrogens is 268 g/mol. The highest BCUT2D eigenvalue weighted by molar-refractivity contribution is 5.92. The van der Waals surface area contributed by atoms with Crippen LogP contribution in [0.2, 0.25) is 0 Å². The van der Waals surface area contributed by atoms with Gasteiger partial charge in [0, 0.05) is 6.61 Å². The van der Waals surface area contributed by atoms with E-state index in [2.05, 4.69) is 11.4 Å². The zero-order valence-electron chi connectivity index (χ0n) is 12.2. The monoisotopic (exact) mass is 288 g/mol. The van der Waals surface area contributed by atoms with Gasteiger partial charge in [-0.2, -0.15) is 0 Å². The van der Waals surface area contributed by atoms with Crippen LogP contribution in [0.15, 0.2) is 24.3 Å². The molecule has 4 rings (SSSR count). The fourth-order valence-electron chi connectivity index (χ4n) is 3.41. The van der Waals surface area contributed by atoms with E-state index >= 15 is 0 Å². The summed E-state index contributed by atoms with van der Waals surface area (Å²) in [6.07, 6.45) is 2.73. The number of rotatable bonds is 3. The molecule has 21 heavy (non-hydrogen) atoms. The van der Waals surface area contributed by atoms with Crippen LogP contribution in [0.3, 0.4) is 0 Å². The molecule has 0 aromatic heterocycles. The third-order valence-corrected chi connectivity index (χ3v) is 4.79. The van der Waals surface area contributed by atoms with Gasteiger partial charge < -0.3 is 14.4 Å². The first kappa shape index (κ1) is 13.1. The lowest BCUT2D eigenvalue weighted by Crippen LogP contribution is -2.40. The van der Waals surface area contributed by atoms with E-state index in [1.807, 2.05) is 23.1 Å². The number of methoxy groups -OCH3 is 1. The molecule has 2 saturated heterocycles. The highest BCUT2D eigenvalue weighted by Gasteiger charge is 2.60. The van der Waals surface area contributed by atoms with Crippen molar-refractivity contribution < 1.29 is 14.3 Å². The fourth-order valence-corrected chi connectivity index (χ4v) is 3.41. The molecule has 2 aliphatic heterocycles. The third-order valence-electron chi connectivity index (χ3n) is 4.79. The van der Waals surface area contributed by atoms with Crippen LogP contribution in [0.25, 0.3) is 0 Å². The predicted octanol–water partition coefficient (Wildman–Crippen LogP) is 1.45. The van der Waals surface area contributed by atoms with E-state index in [0.717, 1.165) is 37.2 Å². The molecule has 3 fully saturated rings. The number of hydrogen-bond donors (Lipinski definition) is 1. The quantitative estimate of drug-likeness (QED) is 0.914. The summed E-state index contributed by atoms with van der Waals surface area (Å²) in [5.74, 6) is 1.06. The molecule has 5 heteroatoms. The molecule has 1 saturated carbocycles. The van der Waals surface area contributed by atoms with E-state index in [1.54, 1.807) is 7.11 Å². The first-order chi connectivity index (χ1) is 10.2. The van der Waals surface area contributed by atoms with Crippen LogP contribution < -0.4 is 10.1 Å². The number of carbonyl (C=O) groups is 1. The summed E-state index contributed by atoms with van der Waals surface area (Å²) in [6.45, 7) is 1.39. The Kier molecular flexibility index (Phi) is 2.94. The zero-order valence-corrected chi connectivity index (χ0v) is 12.2. The summed E-state index contributed by atoms with van der Waals surface area (Å²) in [5.41, 5.74) is 0.773. The Hall–Kier alpha value is -1.59. The van der Waals surface area contributed by atoms with Crippen LogP contribution in [-0.2, 0) is 9.53 Å². The molecule has 112 valence electrons. The first-order valence-corrected chi connectivity index (χ1v) is 7.56. The summed E-state index contributed by atoms with van der Waals surface area (Å²) < 4.78 is 10.8. The van der Waals surface area contributed by atoms with E-state index < -0.39 is 0 Å². The minimum absolute atomic E-state index is 0.0678. The summed E-state index contributed by atoms with van der Waals surface area (Å²) in [4.78, 5) is 14.8. The Morgan fingerprint density at radius 2 is 2.29 bits per heavy atom. The Bertz CT molecular complexity index is 564. The van der Waals surface area contributed by atoms with E-state index in [0.29, 0.717) is 6.61 Å². The largest absolute Gasteiger partial charge is 0.497 e. The molecule has 1 spiro atoms. The van der Waals surface area contributed by atoms with Crippen molar-refractivity contribution in [3.8, 4) is 5.75 Å². The molecule has 0 radical (unpaired) electrons. The van der Waals surface area contributed by atoms with E-state index in [4.69, 9.17) is 9.47 Å². The van der Waals surface area contributed by atoms with Crippen molar-refractivity contribution in [1.82, 2.24) is 10.2 Å². The normalized spacial score (nSPS) is 30.1. The van der Waals surface area contributed by atoms with Gasteiger partial charge in [0.1, 0.15) is 17.5 Å². The summed E-state index contributed by atoms with van der Waals surface area (Å²) in [6, 6.07) is 8.14. The Morgan fingerprint density at radius 3 is 2.95 bits per heavy atom. The van der Waals surface area contributed by atoms with Crippen LogP contribution in [-0.4, -0.2) is 42.7 Å². The van der Waals surface area contributed by atoms with Crippen LogP contribution in [0.4, 0.5) is 0 Å². The van der Waals surface area contributed by atoms with Gasteiger partial charge >= 0.3 is 0 Å². The van der Waals surface area contributed by atoms with Crippen molar-refractivity contribution >= 4 is 5.91 Å². The molecule has 5 nitrogen and oxygen atoms in total. The molecule has 2 heterocycles. The topological polar surface area (TPSA) is 50.8 Å². The summed E-state index contributed by atoms with van der Waals surface area (Å²) in [7, 11) is 1.66. The van der Waals surface area contributed by atoms with Gasteiger partial charge in [0.2, 0.25) is 5.91 Å². The number of nitrogens with one attached hydrogen (secondary N) is 1. The number of hydrogen-bond acceptors (Lipinski definition) is 4.